The Morgan fingerprint density at radius 1 is 1.22 bits per heavy atom. The number of methoxy groups -OCH3 is 1. The van der Waals surface area contributed by atoms with Crippen LogP contribution in [0.1, 0.15) is 31.0 Å². The second kappa shape index (κ2) is 14.0. The highest BCUT2D eigenvalue weighted by Crippen LogP contribution is 2.21. The van der Waals surface area contributed by atoms with Gasteiger partial charge in [0.2, 0.25) is 0 Å². The normalized spacial score (nSPS) is 11.4. The van der Waals surface area contributed by atoms with Gasteiger partial charge in [-0.25, -0.2) is 9.07 Å². The van der Waals surface area contributed by atoms with Crippen LogP contribution in [0.15, 0.2) is 29.3 Å². The zero-order valence-electron chi connectivity index (χ0n) is 18.7. The quantitative estimate of drug-likeness (QED) is 0.245. The molecule has 0 fully saturated rings. The first kappa shape index (κ1) is 25.1. The fraction of sp³-hybridized carbons (Fsp3) is 0.500. The third-order valence-electron chi connectivity index (χ3n) is 4.55. The average molecular weight is 446 g/mol. The first-order valence-electron chi connectivity index (χ1n) is 10.7. The summed E-state index contributed by atoms with van der Waals surface area (Å²) in [5.74, 6) is 0.642. The molecule has 0 saturated heterocycles. The van der Waals surface area contributed by atoms with E-state index in [0.29, 0.717) is 56.2 Å². The number of nitrogens with one attached hydrogen (secondary N) is 2. The molecule has 9 nitrogen and oxygen atoms in total. The molecule has 1 heterocycles. The van der Waals surface area contributed by atoms with Gasteiger partial charge in [-0.3, -0.25) is 4.99 Å². The Bertz CT molecular complexity index is 891. The molecule has 0 aliphatic carbocycles. The number of nitrogens with two attached hydrogens (primary N) is 1. The van der Waals surface area contributed by atoms with E-state index in [1.807, 2.05) is 6.92 Å². The van der Waals surface area contributed by atoms with Crippen LogP contribution in [-0.2, 0) is 15.9 Å². The van der Waals surface area contributed by atoms with E-state index in [0.717, 1.165) is 25.5 Å². The molecule has 4 N–H and O–H groups in total. The Balaban J connectivity index is 1.87. The molecule has 1 aromatic heterocycles. The first-order valence-corrected chi connectivity index (χ1v) is 10.7. The molecule has 0 bridgehead atoms. The molecule has 2 rings (SSSR count). The summed E-state index contributed by atoms with van der Waals surface area (Å²) in [4.78, 5) is 4.57. The van der Waals surface area contributed by atoms with Gasteiger partial charge >= 0.3 is 0 Å². The number of aromatic nitrogens is 2. The van der Waals surface area contributed by atoms with Gasteiger partial charge in [0, 0.05) is 33.4 Å². The summed E-state index contributed by atoms with van der Waals surface area (Å²) >= 11 is 0. The van der Waals surface area contributed by atoms with Crippen LogP contribution in [0, 0.1) is 17.1 Å². The van der Waals surface area contributed by atoms with E-state index in [-0.39, 0.29) is 11.6 Å². The van der Waals surface area contributed by atoms with Gasteiger partial charge in [-0.15, -0.1) is 0 Å². The number of nitrogen functional groups attached to an aromatic ring is 1. The van der Waals surface area contributed by atoms with Crippen LogP contribution >= 0.6 is 0 Å². The number of nitrogens with zero attached hydrogens (tertiary/aromatic N) is 4. The van der Waals surface area contributed by atoms with Gasteiger partial charge < -0.3 is 25.8 Å². The van der Waals surface area contributed by atoms with E-state index in [1.54, 1.807) is 19.2 Å². The van der Waals surface area contributed by atoms with Crippen LogP contribution in [-0.4, -0.2) is 62.3 Å². The molecule has 0 unspecified atom stereocenters. The van der Waals surface area contributed by atoms with Crippen molar-refractivity contribution in [2.45, 2.75) is 26.2 Å². The predicted molar refractivity (Wildman–Crippen MR) is 122 cm³/mol. The van der Waals surface area contributed by atoms with Crippen LogP contribution in [0.5, 0.6) is 0 Å². The van der Waals surface area contributed by atoms with Crippen LogP contribution in [0.25, 0.3) is 5.69 Å². The topological polar surface area (TPSA) is 123 Å². The molecule has 0 radical (unpaired) electrons. The standard InChI is InChI=1S/C22H32FN7O2/c1-3-26-22(28-12-5-13-32-15-14-31-2)27-11-4-6-20-19(16-24)21(25)30(29-20)18-9-7-17(23)8-10-18/h7-10H,3-6,11-15,25H2,1-2H3,(H2,26,27,28). The molecule has 0 aliphatic rings. The average Bonchev–Trinajstić information content (AvgIpc) is 3.11. The van der Waals surface area contributed by atoms with E-state index < -0.39 is 0 Å². The molecule has 1 aromatic carbocycles. The molecule has 174 valence electrons. The molecule has 0 aliphatic heterocycles. The number of nitriles is 1. The van der Waals surface area contributed by atoms with Gasteiger partial charge in [-0.2, -0.15) is 10.4 Å². The number of halogens is 1. The lowest BCUT2D eigenvalue weighted by atomic mass is 10.1. The molecular formula is C22H32FN7O2. The lowest BCUT2D eigenvalue weighted by Crippen LogP contribution is -2.38. The van der Waals surface area contributed by atoms with Crippen LogP contribution in [0.2, 0.25) is 0 Å². The summed E-state index contributed by atoms with van der Waals surface area (Å²) in [6, 6.07) is 7.94. The number of benzene rings is 1. The molecular weight excluding hydrogens is 413 g/mol. The van der Waals surface area contributed by atoms with Crippen molar-refractivity contribution in [1.82, 2.24) is 20.4 Å². The van der Waals surface area contributed by atoms with Crippen molar-refractivity contribution in [2.75, 3.05) is 52.3 Å². The number of aliphatic imine (C=N–C) groups is 1. The molecule has 0 spiro atoms. The molecule has 2 aromatic rings. The number of anilines is 1. The summed E-state index contributed by atoms with van der Waals surface area (Å²) in [7, 11) is 1.65. The maximum atomic E-state index is 13.2. The van der Waals surface area contributed by atoms with Gasteiger partial charge in [0.25, 0.3) is 0 Å². The number of aryl methyl sites for hydroxylation is 1. The Morgan fingerprint density at radius 2 is 2.00 bits per heavy atom. The fourth-order valence-electron chi connectivity index (χ4n) is 2.96. The minimum atomic E-state index is -0.346. The highest BCUT2D eigenvalue weighted by Gasteiger charge is 2.16. The van der Waals surface area contributed by atoms with Crippen LogP contribution in [0.3, 0.4) is 0 Å². The van der Waals surface area contributed by atoms with Crippen molar-refractivity contribution in [2.24, 2.45) is 4.99 Å². The Kier molecular flexibility index (Phi) is 11.0. The molecule has 0 saturated carbocycles. The third kappa shape index (κ3) is 7.83. The lowest BCUT2D eigenvalue weighted by molar-refractivity contribution is 0.0698. The van der Waals surface area contributed by atoms with Crippen LogP contribution in [0.4, 0.5) is 10.2 Å². The Labute approximate surface area is 188 Å². The zero-order valence-corrected chi connectivity index (χ0v) is 18.7. The second-order valence-electron chi connectivity index (χ2n) is 6.96. The fourth-order valence-corrected chi connectivity index (χ4v) is 2.96. The summed E-state index contributed by atoms with van der Waals surface area (Å²) in [6.45, 7) is 5.92. The van der Waals surface area contributed by atoms with Crippen molar-refractivity contribution in [3.05, 3.63) is 41.3 Å². The largest absolute Gasteiger partial charge is 0.382 e. The van der Waals surface area contributed by atoms with Gasteiger partial charge in [0.15, 0.2) is 5.96 Å². The van der Waals surface area contributed by atoms with E-state index >= 15 is 0 Å². The van der Waals surface area contributed by atoms with Gasteiger partial charge in [0.1, 0.15) is 23.3 Å². The number of hydrogen-bond donors (Lipinski definition) is 3. The van der Waals surface area contributed by atoms with E-state index in [4.69, 9.17) is 15.2 Å². The van der Waals surface area contributed by atoms with Crippen molar-refractivity contribution in [1.29, 1.82) is 5.26 Å². The van der Waals surface area contributed by atoms with E-state index in [1.165, 1.54) is 16.8 Å². The highest BCUT2D eigenvalue weighted by molar-refractivity contribution is 5.79. The lowest BCUT2D eigenvalue weighted by Gasteiger charge is -2.11. The third-order valence-corrected chi connectivity index (χ3v) is 4.55. The predicted octanol–water partition coefficient (Wildman–Crippen LogP) is 2.01. The number of guanidine groups is 1. The maximum Gasteiger partial charge on any atom is 0.191 e. The summed E-state index contributed by atoms with van der Waals surface area (Å²) < 4.78 is 25.0. The van der Waals surface area contributed by atoms with Gasteiger partial charge in [-0.05, 0) is 50.5 Å². The second-order valence-corrected chi connectivity index (χ2v) is 6.96. The SMILES string of the molecule is CCNC(=NCCCc1nn(-c2ccc(F)cc2)c(N)c1C#N)NCCCOCCOC. The van der Waals surface area contributed by atoms with Gasteiger partial charge in [-0.1, -0.05) is 0 Å². The van der Waals surface area contributed by atoms with E-state index in [9.17, 15) is 9.65 Å². The Morgan fingerprint density at radius 3 is 2.69 bits per heavy atom. The van der Waals surface area contributed by atoms with Gasteiger partial charge in [0.05, 0.1) is 24.6 Å². The monoisotopic (exact) mass is 445 g/mol. The molecule has 10 heteroatoms. The minimum Gasteiger partial charge on any atom is -0.382 e. The van der Waals surface area contributed by atoms with Crippen molar-refractivity contribution in [3.63, 3.8) is 0 Å². The van der Waals surface area contributed by atoms with E-state index in [2.05, 4.69) is 26.8 Å². The zero-order chi connectivity index (χ0) is 23.2. The number of hydrogen-bond acceptors (Lipinski definition) is 6. The van der Waals surface area contributed by atoms with Crippen LogP contribution < -0.4 is 16.4 Å². The molecule has 32 heavy (non-hydrogen) atoms. The highest BCUT2D eigenvalue weighted by atomic mass is 19.1. The number of rotatable bonds is 13. The minimum absolute atomic E-state index is 0.250. The summed E-state index contributed by atoms with van der Waals surface area (Å²) in [5, 5.41) is 20.5. The maximum absolute atomic E-state index is 13.2. The summed E-state index contributed by atoms with van der Waals surface area (Å²) in [5.41, 5.74) is 7.66. The number of ether oxygens (including phenoxy) is 2. The van der Waals surface area contributed by atoms with Crippen molar-refractivity contribution >= 4 is 11.8 Å². The van der Waals surface area contributed by atoms with Crippen molar-refractivity contribution < 1.29 is 13.9 Å². The van der Waals surface area contributed by atoms with Crippen molar-refractivity contribution in [3.8, 4) is 11.8 Å². The molecule has 0 atom stereocenters. The Hall–Kier alpha value is -3.16. The molecule has 0 amide bonds. The summed E-state index contributed by atoms with van der Waals surface area (Å²) in [6.07, 6.45) is 2.11. The smallest absolute Gasteiger partial charge is 0.191 e. The first-order chi connectivity index (χ1) is 15.6.